The van der Waals surface area contributed by atoms with E-state index in [2.05, 4.69) is 124 Å². The number of hydrogen-bond acceptors (Lipinski definition) is 0. The van der Waals surface area contributed by atoms with Gasteiger partial charge in [0.05, 0.1) is 5.56 Å². The van der Waals surface area contributed by atoms with Crippen LogP contribution in [0.2, 0.25) is 0 Å². The highest BCUT2D eigenvalue weighted by Gasteiger charge is 2.26. The number of imidazole rings is 1. The minimum Gasteiger partial charge on any atom is -0.219 e. The Hall–Kier alpha value is -3.65. The molecule has 0 fully saturated rings. The molecule has 2 nitrogen and oxygen atoms in total. The fourth-order valence-corrected chi connectivity index (χ4v) is 4.05. The fourth-order valence-electron chi connectivity index (χ4n) is 4.05. The summed E-state index contributed by atoms with van der Waals surface area (Å²) in [5.74, 6) is 1.24. The van der Waals surface area contributed by atoms with Gasteiger partial charge in [-0.25, -0.2) is 9.13 Å². The molecule has 1 heterocycles. The summed E-state index contributed by atoms with van der Waals surface area (Å²) in [4.78, 5) is 0. The first-order valence-corrected chi connectivity index (χ1v) is 10.0. The van der Waals surface area contributed by atoms with Crippen molar-refractivity contribution < 1.29 is 4.57 Å². The SMILES string of the molecule is c1ccc(Cn2c(-c3ccccc3)[n+](Cc3ccccc3)c3ccccc32)cc1. The van der Waals surface area contributed by atoms with Gasteiger partial charge in [-0.15, -0.1) is 0 Å². The highest BCUT2D eigenvalue weighted by Crippen LogP contribution is 2.25. The average molecular weight is 375 g/mol. The summed E-state index contributed by atoms with van der Waals surface area (Å²) in [7, 11) is 0. The number of fused-ring (bicyclic) bond motifs is 1. The fraction of sp³-hybridized carbons (Fsp3) is 0.0741. The molecule has 0 amide bonds. The van der Waals surface area contributed by atoms with Crippen LogP contribution in [0.15, 0.2) is 115 Å². The molecule has 0 N–H and O–H groups in total. The molecule has 0 aliphatic carbocycles. The number of nitrogens with zero attached hydrogens (tertiary/aromatic N) is 2. The highest BCUT2D eigenvalue weighted by molar-refractivity contribution is 5.76. The first-order chi connectivity index (χ1) is 14.4. The van der Waals surface area contributed by atoms with E-state index in [4.69, 9.17) is 0 Å². The number of rotatable bonds is 5. The Kier molecular flexibility index (Phi) is 4.67. The molecule has 0 spiro atoms. The predicted molar refractivity (Wildman–Crippen MR) is 119 cm³/mol. The van der Waals surface area contributed by atoms with Crippen molar-refractivity contribution in [2.24, 2.45) is 0 Å². The molecule has 4 aromatic carbocycles. The lowest BCUT2D eigenvalue weighted by atomic mass is 10.1. The number of hydrogen-bond donors (Lipinski definition) is 0. The van der Waals surface area contributed by atoms with E-state index in [0.717, 1.165) is 13.1 Å². The second kappa shape index (κ2) is 7.76. The van der Waals surface area contributed by atoms with Gasteiger partial charge < -0.3 is 0 Å². The summed E-state index contributed by atoms with van der Waals surface area (Å²) in [6, 6.07) is 40.8. The quantitative estimate of drug-likeness (QED) is 0.349. The van der Waals surface area contributed by atoms with Crippen LogP contribution in [0, 0.1) is 0 Å². The molecule has 0 bridgehead atoms. The Balaban J connectivity index is 1.76. The first kappa shape index (κ1) is 17.4. The summed E-state index contributed by atoms with van der Waals surface area (Å²) < 4.78 is 4.89. The van der Waals surface area contributed by atoms with Crippen molar-refractivity contribution in [2.75, 3.05) is 0 Å². The molecule has 5 rings (SSSR count). The summed E-state index contributed by atoms with van der Waals surface area (Å²) in [5.41, 5.74) is 6.35. The molecule has 29 heavy (non-hydrogen) atoms. The molecular weight excluding hydrogens is 352 g/mol. The van der Waals surface area contributed by atoms with Crippen LogP contribution in [-0.2, 0) is 13.1 Å². The molecule has 0 saturated heterocycles. The Bertz CT molecular complexity index is 1140. The van der Waals surface area contributed by atoms with Crippen LogP contribution < -0.4 is 4.57 Å². The first-order valence-electron chi connectivity index (χ1n) is 10.0. The largest absolute Gasteiger partial charge is 0.290 e. The molecule has 0 atom stereocenters. The van der Waals surface area contributed by atoms with Crippen molar-refractivity contribution in [2.45, 2.75) is 13.1 Å². The van der Waals surface area contributed by atoms with Gasteiger partial charge in [-0.05, 0) is 35.4 Å². The second-order valence-electron chi connectivity index (χ2n) is 7.32. The Morgan fingerprint density at radius 2 is 1.10 bits per heavy atom. The summed E-state index contributed by atoms with van der Waals surface area (Å²) in [6.45, 7) is 1.68. The maximum absolute atomic E-state index is 2.45. The van der Waals surface area contributed by atoms with Crippen molar-refractivity contribution in [3.05, 3.63) is 126 Å². The molecule has 0 aliphatic rings. The minimum absolute atomic E-state index is 0.841. The minimum atomic E-state index is 0.841. The number of benzene rings is 4. The van der Waals surface area contributed by atoms with Crippen molar-refractivity contribution in [1.29, 1.82) is 0 Å². The monoisotopic (exact) mass is 375 g/mol. The zero-order valence-corrected chi connectivity index (χ0v) is 16.3. The molecular formula is C27H23N2+. The van der Waals surface area contributed by atoms with E-state index in [1.807, 2.05) is 0 Å². The van der Waals surface area contributed by atoms with E-state index < -0.39 is 0 Å². The molecule has 0 unspecified atom stereocenters. The lowest BCUT2D eigenvalue weighted by Crippen LogP contribution is -2.36. The zero-order chi connectivity index (χ0) is 19.5. The van der Waals surface area contributed by atoms with Crippen LogP contribution >= 0.6 is 0 Å². The summed E-state index contributed by atoms with van der Waals surface area (Å²) in [6.07, 6.45) is 0. The maximum atomic E-state index is 2.45. The third-order valence-electron chi connectivity index (χ3n) is 5.37. The average Bonchev–Trinajstić information content (AvgIpc) is 3.09. The molecule has 0 saturated carbocycles. The third kappa shape index (κ3) is 3.45. The van der Waals surface area contributed by atoms with Crippen molar-refractivity contribution in [3.8, 4) is 11.4 Å². The Labute approximate surface area is 171 Å². The standard InChI is InChI=1S/C27H23N2/c1-4-12-22(13-5-1)20-28-25-18-10-11-19-26(25)29(21-23-14-6-2-7-15-23)27(28)24-16-8-3-9-17-24/h1-19H,20-21H2/q+1. The Morgan fingerprint density at radius 1 is 0.552 bits per heavy atom. The normalized spacial score (nSPS) is 11.0. The van der Waals surface area contributed by atoms with Gasteiger partial charge in [-0.3, -0.25) is 0 Å². The van der Waals surface area contributed by atoms with E-state index in [-0.39, 0.29) is 0 Å². The van der Waals surface area contributed by atoms with E-state index in [1.54, 1.807) is 0 Å². The zero-order valence-electron chi connectivity index (χ0n) is 16.3. The number of para-hydroxylation sites is 2. The molecule has 0 aliphatic heterocycles. The second-order valence-corrected chi connectivity index (χ2v) is 7.32. The predicted octanol–water partition coefficient (Wildman–Crippen LogP) is 5.69. The van der Waals surface area contributed by atoms with E-state index in [9.17, 15) is 0 Å². The van der Waals surface area contributed by atoms with Gasteiger partial charge in [0.2, 0.25) is 0 Å². The van der Waals surface area contributed by atoms with E-state index in [0.29, 0.717) is 0 Å². The van der Waals surface area contributed by atoms with Crippen LogP contribution in [-0.4, -0.2) is 4.57 Å². The highest BCUT2D eigenvalue weighted by atomic mass is 15.2. The van der Waals surface area contributed by atoms with Gasteiger partial charge in [0.25, 0.3) is 5.82 Å². The molecule has 140 valence electrons. The summed E-state index contributed by atoms with van der Waals surface area (Å²) in [5, 5.41) is 0. The van der Waals surface area contributed by atoms with Crippen molar-refractivity contribution in [1.82, 2.24) is 4.57 Å². The summed E-state index contributed by atoms with van der Waals surface area (Å²) >= 11 is 0. The molecule has 0 radical (unpaired) electrons. The lowest BCUT2D eigenvalue weighted by Gasteiger charge is -2.07. The topological polar surface area (TPSA) is 8.81 Å². The van der Waals surface area contributed by atoms with Gasteiger partial charge in [0.15, 0.2) is 11.0 Å². The Morgan fingerprint density at radius 3 is 1.79 bits per heavy atom. The van der Waals surface area contributed by atoms with Crippen molar-refractivity contribution in [3.63, 3.8) is 0 Å². The maximum Gasteiger partial charge on any atom is 0.290 e. The van der Waals surface area contributed by atoms with Gasteiger partial charge in [-0.2, -0.15) is 0 Å². The molecule has 2 heteroatoms. The van der Waals surface area contributed by atoms with Crippen molar-refractivity contribution >= 4 is 11.0 Å². The van der Waals surface area contributed by atoms with Crippen LogP contribution in [0.3, 0.4) is 0 Å². The third-order valence-corrected chi connectivity index (χ3v) is 5.37. The van der Waals surface area contributed by atoms with Gasteiger partial charge in [0.1, 0.15) is 13.1 Å². The van der Waals surface area contributed by atoms with Crippen LogP contribution in [0.1, 0.15) is 11.1 Å². The van der Waals surface area contributed by atoms with E-state index >= 15 is 0 Å². The van der Waals surface area contributed by atoms with Crippen LogP contribution in [0.5, 0.6) is 0 Å². The van der Waals surface area contributed by atoms with Crippen LogP contribution in [0.25, 0.3) is 22.4 Å². The smallest absolute Gasteiger partial charge is 0.219 e. The number of aromatic nitrogens is 2. The molecule has 1 aromatic heterocycles. The lowest BCUT2D eigenvalue weighted by molar-refractivity contribution is -0.651. The van der Waals surface area contributed by atoms with Gasteiger partial charge >= 0.3 is 0 Å². The van der Waals surface area contributed by atoms with E-state index in [1.165, 1.54) is 33.5 Å². The van der Waals surface area contributed by atoms with Crippen LogP contribution in [0.4, 0.5) is 0 Å². The van der Waals surface area contributed by atoms with Gasteiger partial charge in [0, 0.05) is 0 Å². The molecule has 5 aromatic rings. The van der Waals surface area contributed by atoms with Gasteiger partial charge in [-0.1, -0.05) is 91.0 Å².